The molecule has 0 aromatic carbocycles. The van der Waals surface area contributed by atoms with Crippen molar-refractivity contribution < 1.29 is 0 Å². The van der Waals surface area contributed by atoms with Crippen LogP contribution in [-0.4, -0.2) is 39.5 Å². The summed E-state index contributed by atoms with van der Waals surface area (Å²) in [6.45, 7) is 8.43. The van der Waals surface area contributed by atoms with E-state index in [-0.39, 0.29) is 0 Å². The van der Waals surface area contributed by atoms with Crippen LogP contribution in [0.2, 0.25) is 0 Å². The van der Waals surface area contributed by atoms with E-state index in [2.05, 4.69) is 76.3 Å². The van der Waals surface area contributed by atoms with Crippen molar-refractivity contribution in [1.82, 2.24) is 39.5 Å². The van der Waals surface area contributed by atoms with Gasteiger partial charge in [-0.05, 0) is 85.8 Å². The molecule has 0 amide bonds. The molecular weight excluding hydrogens is 621 g/mol. The van der Waals surface area contributed by atoms with Gasteiger partial charge in [-0.3, -0.25) is 0 Å². The third-order valence-electron chi connectivity index (χ3n) is 7.97. The molecular formula is C37H34N8S2. The van der Waals surface area contributed by atoms with E-state index in [0.29, 0.717) is 0 Å². The standard InChI is InChI=1S/C19H18N4S.C18H16N4S/c1-3-13-12-21-23(17-9-5-8-15(4-2)22-17)18(13)16-11-14-7-6-10-20-19(14)24-16;1-3-13-11-20-22(16-8-4-6-12(2)21-16)17(13)15-10-14-7-5-9-19-18(14)23-15/h5-12H,3-4H2,1-2H3;4-11H,3H2,1-2H3. The molecule has 0 bridgehead atoms. The lowest BCUT2D eigenvalue weighted by Gasteiger charge is -2.08. The monoisotopic (exact) mass is 654 g/mol. The maximum Gasteiger partial charge on any atom is 0.154 e. The Kier molecular flexibility index (Phi) is 8.69. The summed E-state index contributed by atoms with van der Waals surface area (Å²) in [6.07, 6.45) is 10.4. The SMILES string of the molecule is CCc1cccc(-n2ncc(CC)c2-c2cc3cccnc3s2)n1.CCc1cnn(-c2cccc(C)n2)c1-c1cc2cccnc2s1. The van der Waals surface area contributed by atoms with Crippen LogP contribution >= 0.6 is 22.7 Å². The lowest BCUT2D eigenvalue weighted by atomic mass is 10.1. The molecule has 47 heavy (non-hydrogen) atoms. The van der Waals surface area contributed by atoms with E-state index < -0.39 is 0 Å². The quantitative estimate of drug-likeness (QED) is 0.170. The van der Waals surface area contributed by atoms with Crippen molar-refractivity contribution in [3.63, 3.8) is 0 Å². The lowest BCUT2D eigenvalue weighted by Crippen LogP contribution is -2.03. The molecule has 0 aliphatic heterocycles. The van der Waals surface area contributed by atoms with Gasteiger partial charge < -0.3 is 0 Å². The second-order valence-corrected chi connectivity index (χ2v) is 13.1. The first kappa shape index (κ1) is 30.6. The molecule has 8 aromatic rings. The van der Waals surface area contributed by atoms with Crippen LogP contribution in [0.1, 0.15) is 43.3 Å². The van der Waals surface area contributed by atoms with Gasteiger partial charge in [0, 0.05) is 34.6 Å². The third-order valence-corrected chi connectivity index (χ3v) is 10.1. The first-order chi connectivity index (χ1) is 23.1. The number of aromatic nitrogens is 8. The average Bonchev–Trinajstić information content (AvgIpc) is 3.91. The molecule has 0 saturated heterocycles. The van der Waals surface area contributed by atoms with E-state index in [4.69, 9.17) is 4.98 Å². The molecule has 234 valence electrons. The van der Waals surface area contributed by atoms with Gasteiger partial charge in [0.15, 0.2) is 11.6 Å². The van der Waals surface area contributed by atoms with Gasteiger partial charge in [-0.15, -0.1) is 22.7 Å². The molecule has 0 saturated carbocycles. The predicted octanol–water partition coefficient (Wildman–Crippen LogP) is 9.08. The Balaban J connectivity index is 0.000000150. The Morgan fingerprint density at radius 1 is 0.596 bits per heavy atom. The first-order valence-electron chi connectivity index (χ1n) is 15.8. The van der Waals surface area contributed by atoms with Gasteiger partial charge in [0.2, 0.25) is 0 Å². The fourth-order valence-electron chi connectivity index (χ4n) is 5.56. The zero-order valence-electron chi connectivity index (χ0n) is 26.8. The third kappa shape index (κ3) is 6.09. The zero-order valence-corrected chi connectivity index (χ0v) is 28.4. The Morgan fingerprint density at radius 2 is 1.13 bits per heavy atom. The molecule has 8 rings (SSSR count). The number of thiophene rings is 2. The Bertz CT molecular complexity index is 2240. The molecule has 8 aromatic heterocycles. The van der Waals surface area contributed by atoms with Crippen molar-refractivity contribution in [1.29, 1.82) is 0 Å². The fraction of sp³-hybridized carbons (Fsp3) is 0.189. The summed E-state index contributed by atoms with van der Waals surface area (Å²) in [5.41, 5.74) is 6.75. The van der Waals surface area contributed by atoms with Crippen LogP contribution in [0.4, 0.5) is 0 Å². The number of pyridine rings is 4. The highest BCUT2D eigenvalue weighted by Gasteiger charge is 2.18. The summed E-state index contributed by atoms with van der Waals surface area (Å²) in [7, 11) is 0. The van der Waals surface area contributed by atoms with Crippen LogP contribution in [0.15, 0.2) is 97.6 Å². The van der Waals surface area contributed by atoms with E-state index in [1.165, 1.54) is 31.7 Å². The maximum absolute atomic E-state index is 4.74. The Labute approximate surface area is 281 Å². The number of rotatable bonds is 7. The molecule has 0 aliphatic carbocycles. The molecule has 0 spiro atoms. The van der Waals surface area contributed by atoms with Gasteiger partial charge in [-0.1, -0.05) is 45.0 Å². The summed E-state index contributed by atoms with van der Waals surface area (Å²) in [4.78, 5) is 22.7. The van der Waals surface area contributed by atoms with E-state index in [1.54, 1.807) is 22.7 Å². The summed E-state index contributed by atoms with van der Waals surface area (Å²) in [5, 5.41) is 11.5. The molecule has 0 fully saturated rings. The molecule has 0 unspecified atom stereocenters. The van der Waals surface area contributed by atoms with Gasteiger partial charge in [-0.25, -0.2) is 29.3 Å². The molecule has 8 nitrogen and oxygen atoms in total. The minimum Gasteiger partial charge on any atom is -0.245 e. The van der Waals surface area contributed by atoms with E-state index in [0.717, 1.165) is 63.3 Å². The normalized spacial score (nSPS) is 11.2. The molecule has 0 atom stereocenters. The molecule has 8 heterocycles. The Morgan fingerprint density at radius 3 is 1.62 bits per heavy atom. The maximum atomic E-state index is 4.74. The number of aryl methyl sites for hydroxylation is 4. The minimum absolute atomic E-state index is 0.852. The smallest absolute Gasteiger partial charge is 0.154 e. The number of hydrogen-bond donors (Lipinski definition) is 0. The largest absolute Gasteiger partial charge is 0.245 e. The van der Waals surface area contributed by atoms with Gasteiger partial charge in [-0.2, -0.15) is 10.2 Å². The van der Waals surface area contributed by atoms with Crippen molar-refractivity contribution in [2.45, 2.75) is 47.0 Å². The molecule has 10 heteroatoms. The highest BCUT2D eigenvalue weighted by Crippen LogP contribution is 2.37. The van der Waals surface area contributed by atoms with Crippen molar-refractivity contribution in [2.24, 2.45) is 0 Å². The van der Waals surface area contributed by atoms with Crippen LogP contribution in [0, 0.1) is 6.92 Å². The summed E-state index contributed by atoms with van der Waals surface area (Å²) >= 11 is 3.40. The Hall–Kier alpha value is -5.06. The van der Waals surface area contributed by atoms with Crippen LogP contribution < -0.4 is 0 Å². The van der Waals surface area contributed by atoms with Crippen LogP contribution in [0.3, 0.4) is 0 Å². The van der Waals surface area contributed by atoms with Gasteiger partial charge >= 0.3 is 0 Å². The minimum atomic E-state index is 0.852. The van der Waals surface area contributed by atoms with E-state index in [1.807, 2.05) is 83.5 Å². The zero-order chi connectivity index (χ0) is 32.3. The summed E-state index contributed by atoms with van der Waals surface area (Å²) < 4.78 is 3.90. The second-order valence-electron chi connectivity index (χ2n) is 11.1. The molecule has 0 radical (unpaired) electrons. The van der Waals surface area contributed by atoms with Crippen molar-refractivity contribution >= 4 is 43.1 Å². The van der Waals surface area contributed by atoms with Crippen LogP contribution in [0.5, 0.6) is 0 Å². The number of fused-ring (bicyclic) bond motifs is 2. The summed E-state index contributed by atoms with van der Waals surface area (Å²) in [6, 6.07) is 24.7. The molecule has 0 N–H and O–H groups in total. The second kappa shape index (κ2) is 13.4. The van der Waals surface area contributed by atoms with Crippen molar-refractivity contribution in [2.75, 3.05) is 0 Å². The van der Waals surface area contributed by atoms with Crippen molar-refractivity contribution in [3.05, 3.63) is 120 Å². The highest BCUT2D eigenvalue weighted by atomic mass is 32.1. The first-order valence-corrected chi connectivity index (χ1v) is 17.4. The van der Waals surface area contributed by atoms with Gasteiger partial charge in [0.25, 0.3) is 0 Å². The fourth-order valence-corrected chi connectivity index (χ4v) is 7.70. The predicted molar refractivity (Wildman–Crippen MR) is 193 cm³/mol. The average molecular weight is 655 g/mol. The van der Waals surface area contributed by atoms with Gasteiger partial charge in [0.1, 0.15) is 9.66 Å². The van der Waals surface area contributed by atoms with E-state index in [9.17, 15) is 0 Å². The summed E-state index contributed by atoms with van der Waals surface area (Å²) in [5.74, 6) is 1.72. The van der Waals surface area contributed by atoms with Crippen LogP contribution in [0.25, 0.3) is 53.2 Å². The highest BCUT2D eigenvalue weighted by molar-refractivity contribution is 7.22. The number of nitrogens with zero attached hydrogens (tertiary/aromatic N) is 8. The topological polar surface area (TPSA) is 87.2 Å². The van der Waals surface area contributed by atoms with Crippen molar-refractivity contribution in [3.8, 4) is 32.8 Å². The van der Waals surface area contributed by atoms with E-state index >= 15 is 0 Å². The molecule has 0 aliphatic rings. The number of hydrogen-bond acceptors (Lipinski definition) is 8. The lowest BCUT2D eigenvalue weighted by molar-refractivity contribution is 0.840. The van der Waals surface area contributed by atoms with Crippen LogP contribution in [-0.2, 0) is 19.3 Å². The van der Waals surface area contributed by atoms with Gasteiger partial charge in [0.05, 0.1) is 33.5 Å².